The lowest BCUT2D eigenvalue weighted by Crippen LogP contribution is -2.03. The maximum Gasteiger partial charge on any atom is 0.347 e. The number of aromatic nitrogens is 4. The molecule has 0 bridgehead atoms. The van der Waals surface area contributed by atoms with Crippen LogP contribution in [0.15, 0.2) is 58.3 Å². The van der Waals surface area contributed by atoms with Crippen molar-refractivity contribution in [1.82, 2.24) is 19.9 Å². The smallest absolute Gasteiger partial charge is 0.347 e. The Morgan fingerprint density at radius 1 is 0.952 bits per heavy atom. The summed E-state index contributed by atoms with van der Waals surface area (Å²) in [5.41, 5.74) is 1.16. The molecule has 0 aliphatic heterocycles. The molecule has 0 aliphatic carbocycles. The molecule has 0 saturated heterocycles. The van der Waals surface area contributed by atoms with Gasteiger partial charge in [0.25, 0.3) is 0 Å². The average Bonchev–Trinajstić information content (AvgIpc) is 2.55. The fourth-order valence-electron chi connectivity index (χ4n) is 2.18. The van der Waals surface area contributed by atoms with Crippen LogP contribution < -0.4 is 5.63 Å². The molecule has 4 aromatic rings. The summed E-state index contributed by atoms with van der Waals surface area (Å²) in [6.07, 6.45) is 6.19. The Morgan fingerprint density at radius 2 is 1.86 bits per heavy atom. The minimum atomic E-state index is -0.450. The van der Waals surface area contributed by atoms with E-state index >= 15 is 0 Å². The van der Waals surface area contributed by atoms with Crippen LogP contribution in [0, 0.1) is 0 Å². The topological polar surface area (TPSA) is 81.8 Å². The van der Waals surface area contributed by atoms with Gasteiger partial charge in [-0.15, -0.1) is 0 Å². The number of nitrogens with zero attached hydrogens (tertiary/aromatic N) is 4. The van der Waals surface area contributed by atoms with Crippen LogP contribution in [0.3, 0.4) is 0 Å². The van der Waals surface area contributed by atoms with E-state index in [1.165, 1.54) is 6.20 Å². The van der Waals surface area contributed by atoms with Crippen LogP contribution in [0.25, 0.3) is 33.4 Å². The number of para-hydroxylation sites is 1. The van der Waals surface area contributed by atoms with Crippen molar-refractivity contribution in [3.05, 3.63) is 59.5 Å². The van der Waals surface area contributed by atoms with E-state index in [1.54, 1.807) is 24.7 Å². The van der Waals surface area contributed by atoms with Crippen molar-refractivity contribution in [1.29, 1.82) is 0 Å². The first-order chi connectivity index (χ1) is 10.3. The van der Waals surface area contributed by atoms with Gasteiger partial charge in [0, 0.05) is 24.0 Å². The Balaban J connectivity index is 2.11. The molecule has 0 atom stereocenters. The Morgan fingerprint density at radius 3 is 2.71 bits per heavy atom. The van der Waals surface area contributed by atoms with Gasteiger partial charge in [-0.25, -0.2) is 19.7 Å². The molecule has 6 heteroatoms. The van der Waals surface area contributed by atoms with Crippen molar-refractivity contribution in [2.45, 2.75) is 0 Å². The SMILES string of the molecule is O=c1oc2ccccc2c2nc(-c3cnccn3)ncc12. The van der Waals surface area contributed by atoms with Gasteiger partial charge in [0.05, 0.1) is 11.7 Å². The van der Waals surface area contributed by atoms with Crippen molar-refractivity contribution < 1.29 is 4.42 Å². The average molecular weight is 276 g/mol. The Hall–Kier alpha value is -3.15. The second kappa shape index (κ2) is 4.45. The van der Waals surface area contributed by atoms with Crippen molar-refractivity contribution in [2.75, 3.05) is 0 Å². The summed E-state index contributed by atoms with van der Waals surface area (Å²) in [6, 6.07) is 7.27. The standard InChI is InChI=1S/C15H8N4O2/c20-15-10-7-18-14(11-8-16-5-6-17-11)19-13(10)9-3-1-2-4-12(9)21-15/h1-8H. The Kier molecular flexibility index (Phi) is 2.47. The number of benzene rings is 1. The minimum Gasteiger partial charge on any atom is -0.422 e. The van der Waals surface area contributed by atoms with E-state index < -0.39 is 5.63 Å². The third-order valence-electron chi connectivity index (χ3n) is 3.15. The van der Waals surface area contributed by atoms with E-state index in [2.05, 4.69) is 19.9 Å². The normalized spacial score (nSPS) is 11.0. The molecule has 0 saturated carbocycles. The minimum absolute atomic E-state index is 0.348. The molecular weight excluding hydrogens is 268 g/mol. The zero-order chi connectivity index (χ0) is 14.2. The fourth-order valence-corrected chi connectivity index (χ4v) is 2.18. The third-order valence-corrected chi connectivity index (χ3v) is 3.15. The van der Waals surface area contributed by atoms with E-state index in [-0.39, 0.29) is 0 Å². The van der Waals surface area contributed by atoms with Crippen molar-refractivity contribution >= 4 is 21.9 Å². The molecule has 0 aliphatic rings. The highest BCUT2D eigenvalue weighted by molar-refractivity contribution is 6.01. The van der Waals surface area contributed by atoms with Gasteiger partial charge < -0.3 is 4.42 Å². The van der Waals surface area contributed by atoms with Crippen LogP contribution in [0.4, 0.5) is 0 Å². The molecule has 0 radical (unpaired) electrons. The first kappa shape index (κ1) is 11.7. The summed E-state index contributed by atoms with van der Waals surface area (Å²) >= 11 is 0. The molecule has 3 heterocycles. The molecular formula is C15H8N4O2. The molecule has 1 aromatic carbocycles. The quantitative estimate of drug-likeness (QED) is 0.391. The first-order valence-corrected chi connectivity index (χ1v) is 6.28. The fraction of sp³-hybridized carbons (Fsp3) is 0. The number of hydrogen-bond acceptors (Lipinski definition) is 6. The summed E-state index contributed by atoms with van der Waals surface area (Å²) in [4.78, 5) is 28.8. The number of fused-ring (bicyclic) bond motifs is 3. The van der Waals surface area contributed by atoms with Gasteiger partial charge in [-0.3, -0.25) is 4.98 Å². The Bertz CT molecular complexity index is 1010. The van der Waals surface area contributed by atoms with Gasteiger partial charge in [-0.1, -0.05) is 12.1 Å². The predicted octanol–water partition coefficient (Wildman–Crippen LogP) is 2.19. The zero-order valence-electron chi connectivity index (χ0n) is 10.7. The van der Waals surface area contributed by atoms with E-state index in [9.17, 15) is 4.79 Å². The lowest BCUT2D eigenvalue weighted by atomic mass is 10.2. The maximum absolute atomic E-state index is 12.0. The summed E-state index contributed by atoms with van der Waals surface area (Å²) in [5, 5.41) is 1.11. The van der Waals surface area contributed by atoms with Crippen LogP contribution in [-0.4, -0.2) is 19.9 Å². The second-order valence-electron chi connectivity index (χ2n) is 4.43. The predicted molar refractivity (Wildman–Crippen MR) is 76.6 cm³/mol. The van der Waals surface area contributed by atoms with Crippen LogP contribution in [0.1, 0.15) is 0 Å². The second-order valence-corrected chi connectivity index (χ2v) is 4.43. The van der Waals surface area contributed by atoms with Crippen LogP contribution in [0.5, 0.6) is 0 Å². The maximum atomic E-state index is 12.0. The van der Waals surface area contributed by atoms with Gasteiger partial charge in [0.1, 0.15) is 16.7 Å². The zero-order valence-corrected chi connectivity index (χ0v) is 10.7. The van der Waals surface area contributed by atoms with Gasteiger partial charge in [-0.05, 0) is 12.1 Å². The van der Waals surface area contributed by atoms with Crippen LogP contribution in [0.2, 0.25) is 0 Å². The number of rotatable bonds is 1. The van der Waals surface area contributed by atoms with Crippen LogP contribution >= 0.6 is 0 Å². The highest BCUT2D eigenvalue weighted by Crippen LogP contribution is 2.22. The van der Waals surface area contributed by atoms with Gasteiger partial charge in [0.2, 0.25) is 0 Å². The molecule has 0 N–H and O–H groups in total. The van der Waals surface area contributed by atoms with Crippen molar-refractivity contribution in [2.24, 2.45) is 0 Å². The third kappa shape index (κ3) is 1.85. The molecule has 0 spiro atoms. The largest absolute Gasteiger partial charge is 0.422 e. The summed E-state index contributed by atoms with van der Waals surface area (Å²) in [5.74, 6) is 0.423. The molecule has 100 valence electrons. The Labute approximate surface area is 118 Å². The molecule has 4 rings (SSSR count). The van der Waals surface area contributed by atoms with E-state index in [1.807, 2.05) is 18.2 Å². The highest BCUT2D eigenvalue weighted by atomic mass is 16.4. The van der Waals surface area contributed by atoms with Gasteiger partial charge in [0.15, 0.2) is 5.82 Å². The molecule has 0 amide bonds. The van der Waals surface area contributed by atoms with E-state index in [0.29, 0.717) is 28.0 Å². The monoisotopic (exact) mass is 276 g/mol. The number of hydrogen-bond donors (Lipinski definition) is 0. The lowest BCUT2D eigenvalue weighted by Gasteiger charge is -2.03. The molecule has 6 nitrogen and oxygen atoms in total. The van der Waals surface area contributed by atoms with Gasteiger partial charge in [-0.2, -0.15) is 0 Å². The highest BCUT2D eigenvalue weighted by Gasteiger charge is 2.11. The summed E-state index contributed by atoms with van der Waals surface area (Å²) < 4.78 is 5.26. The molecule has 0 unspecified atom stereocenters. The molecule has 0 fully saturated rings. The molecule has 3 aromatic heterocycles. The van der Waals surface area contributed by atoms with Crippen molar-refractivity contribution in [3.63, 3.8) is 0 Å². The van der Waals surface area contributed by atoms with E-state index in [0.717, 1.165) is 5.39 Å². The van der Waals surface area contributed by atoms with Gasteiger partial charge >= 0.3 is 5.63 Å². The molecule has 21 heavy (non-hydrogen) atoms. The van der Waals surface area contributed by atoms with Crippen molar-refractivity contribution in [3.8, 4) is 11.5 Å². The van der Waals surface area contributed by atoms with Crippen LogP contribution in [-0.2, 0) is 0 Å². The van der Waals surface area contributed by atoms with E-state index in [4.69, 9.17) is 4.42 Å². The first-order valence-electron chi connectivity index (χ1n) is 6.28. The summed E-state index contributed by atoms with van der Waals surface area (Å²) in [7, 11) is 0. The summed E-state index contributed by atoms with van der Waals surface area (Å²) in [6.45, 7) is 0. The lowest BCUT2D eigenvalue weighted by molar-refractivity contribution is 0.569.